The lowest BCUT2D eigenvalue weighted by Crippen LogP contribution is -2.09. The summed E-state index contributed by atoms with van der Waals surface area (Å²) in [6.07, 6.45) is 0. The van der Waals surface area contributed by atoms with Crippen molar-refractivity contribution in [3.8, 4) is 22.3 Å². The molecule has 0 aliphatic rings. The van der Waals surface area contributed by atoms with Gasteiger partial charge in [-0.3, -0.25) is 0 Å². The first kappa shape index (κ1) is 22.1. The minimum Gasteiger partial charge on any atom is -0.456 e. The summed E-state index contributed by atoms with van der Waals surface area (Å²) in [5, 5.41) is 2.30. The van der Waals surface area contributed by atoms with Crippen LogP contribution in [0.15, 0.2) is 156 Å². The third-order valence-corrected chi connectivity index (χ3v) is 7.09. The predicted octanol–water partition coefficient (Wildman–Crippen LogP) is 10.4. The number of anilines is 3. The van der Waals surface area contributed by atoms with Gasteiger partial charge in [-0.1, -0.05) is 103 Å². The fraction of sp³-hybridized carbons (Fsp3) is 0. The van der Waals surface area contributed by atoms with Crippen LogP contribution in [-0.2, 0) is 0 Å². The number of para-hydroxylation sites is 2. The number of hydrogen-bond acceptors (Lipinski definition) is 2. The SMILES string of the molecule is c1ccc(-c2ccc(N(c3ccccc3)c3ccc(-c4cccc5oc6ccccc6c45)cc3)cc2)cc1. The molecule has 0 atom stereocenters. The van der Waals surface area contributed by atoms with Crippen LogP contribution in [0.1, 0.15) is 0 Å². The largest absolute Gasteiger partial charge is 0.456 e. The zero-order valence-electron chi connectivity index (χ0n) is 20.8. The Balaban J connectivity index is 1.30. The van der Waals surface area contributed by atoms with Gasteiger partial charge >= 0.3 is 0 Å². The molecule has 0 N–H and O–H groups in total. The summed E-state index contributed by atoms with van der Waals surface area (Å²) in [4.78, 5) is 2.30. The Morgan fingerprint density at radius 2 is 0.895 bits per heavy atom. The van der Waals surface area contributed by atoms with Crippen LogP contribution in [0.25, 0.3) is 44.2 Å². The van der Waals surface area contributed by atoms with E-state index in [9.17, 15) is 0 Å². The van der Waals surface area contributed by atoms with Gasteiger partial charge in [0.15, 0.2) is 0 Å². The van der Waals surface area contributed by atoms with Gasteiger partial charge in [0.25, 0.3) is 0 Å². The van der Waals surface area contributed by atoms with E-state index in [1.165, 1.54) is 22.3 Å². The van der Waals surface area contributed by atoms with Crippen molar-refractivity contribution in [2.45, 2.75) is 0 Å². The quantitative estimate of drug-likeness (QED) is 0.240. The van der Waals surface area contributed by atoms with Gasteiger partial charge in [0, 0.05) is 27.8 Å². The van der Waals surface area contributed by atoms with Crippen LogP contribution in [-0.4, -0.2) is 0 Å². The second-order valence-corrected chi connectivity index (χ2v) is 9.41. The molecule has 2 nitrogen and oxygen atoms in total. The average molecular weight is 488 g/mol. The van der Waals surface area contributed by atoms with E-state index in [4.69, 9.17) is 4.42 Å². The molecule has 6 aromatic carbocycles. The van der Waals surface area contributed by atoms with Crippen molar-refractivity contribution in [2.24, 2.45) is 0 Å². The van der Waals surface area contributed by atoms with Crippen molar-refractivity contribution in [3.05, 3.63) is 152 Å². The molecular formula is C36H25NO. The molecule has 1 aromatic heterocycles. The Morgan fingerprint density at radius 3 is 1.61 bits per heavy atom. The van der Waals surface area contributed by atoms with Crippen molar-refractivity contribution in [3.63, 3.8) is 0 Å². The average Bonchev–Trinajstić information content (AvgIpc) is 3.38. The Morgan fingerprint density at radius 1 is 0.368 bits per heavy atom. The first-order valence-corrected chi connectivity index (χ1v) is 12.9. The zero-order valence-corrected chi connectivity index (χ0v) is 20.8. The van der Waals surface area contributed by atoms with Gasteiger partial charge in [0.1, 0.15) is 11.2 Å². The molecule has 0 aliphatic heterocycles. The fourth-order valence-corrected chi connectivity index (χ4v) is 5.26. The summed E-state index contributed by atoms with van der Waals surface area (Å²) in [5.74, 6) is 0. The maximum absolute atomic E-state index is 6.13. The van der Waals surface area contributed by atoms with Crippen LogP contribution in [0.4, 0.5) is 17.1 Å². The molecule has 0 aliphatic carbocycles. The monoisotopic (exact) mass is 487 g/mol. The van der Waals surface area contributed by atoms with Gasteiger partial charge < -0.3 is 9.32 Å². The minimum absolute atomic E-state index is 0.914. The smallest absolute Gasteiger partial charge is 0.136 e. The summed E-state index contributed by atoms with van der Waals surface area (Å²) >= 11 is 0. The lowest BCUT2D eigenvalue weighted by atomic mass is 9.99. The molecule has 0 radical (unpaired) electrons. The molecule has 0 fully saturated rings. The van der Waals surface area contributed by atoms with E-state index in [1.54, 1.807) is 0 Å². The molecule has 7 rings (SSSR count). The summed E-state index contributed by atoms with van der Waals surface area (Å²) in [5.41, 5.74) is 9.95. The molecule has 7 aromatic rings. The molecule has 2 heteroatoms. The number of benzene rings is 6. The molecule has 0 unspecified atom stereocenters. The van der Waals surface area contributed by atoms with E-state index in [0.717, 1.165) is 39.0 Å². The van der Waals surface area contributed by atoms with Gasteiger partial charge in [0.2, 0.25) is 0 Å². The third-order valence-electron chi connectivity index (χ3n) is 7.09. The van der Waals surface area contributed by atoms with Crippen molar-refractivity contribution >= 4 is 39.0 Å². The minimum atomic E-state index is 0.914. The van der Waals surface area contributed by atoms with Gasteiger partial charge in [-0.05, 0) is 70.8 Å². The van der Waals surface area contributed by atoms with Crippen molar-refractivity contribution in [1.29, 1.82) is 0 Å². The molecule has 180 valence electrons. The molecule has 0 spiro atoms. The van der Waals surface area contributed by atoms with E-state index in [1.807, 2.05) is 24.3 Å². The van der Waals surface area contributed by atoms with Crippen molar-refractivity contribution < 1.29 is 4.42 Å². The maximum Gasteiger partial charge on any atom is 0.136 e. The standard InChI is InChI=1S/C36H25NO/c1-3-10-26(11-4-1)27-18-22-30(23-19-27)37(29-12-5-2-6-13-29)31-24-20-28(21-25-31)32-15-9-17-35-36(32)33-14-7-8-16-34(33)38-35/h1-25H. The van der Waals surface area contributed by atoms with Crippen LogP contribution in [0, 0.1) is 0 Å². The highest BCUT2D eigenvalue weighted by atomic mass is 16.3. The highest BCUT2D eigenvalue weighted by Crippen LogP contribution is 2.39. The predicted molar refractivity (Wildman–Crippen MR) is 159 cm³/mol. The summed E-state index contributed by atoms with van der Waals surface area (Å²) in [6.45, 7) is 0. The van der Waals surface area contributed by atoms with Crippen LogP contribution in [0.5, 0.6) is 0 Å². The Labute approximate surface area is 222 Å². The van der Waals surface area contributed by atoms with Gasteiger partial charge in [-0.2, -0.15) is 0 Å². The molecule has 38 heavy (non-hydrogen) atoms. The maximum atomic E-state index is 6.13. The van der Waals surface area contributed by atoms with E-state index in [-0.39, 0.29) is 0 Å². The normalized spacial score (nSPS) is 11.2. The van der Waals surface area contributed by atoms with Crippen LogP contribution in [0.3, 0.4) is 0 Å². The van der Waals surface area contributed by atoms with E-state index < -0.39 is 0 Å². The fourth-order valence-electron chi connectivity index (χ4n) is 5.26. The van der Waals surface area contributed by atoms with E-state index in [2.05, 4.69) is 132 Å². The molecule has 0 bridgehead atoms. The van der Waals surface area contributed by atoms with Gasteiger partial charge in [-0.15, -0.1) is 0 Å². The highest BCUT2D eigenvalue weighted by molar-refractivity contribution is 6.12. The van der Waals surface area contributed by atoms with E-state index in [0.29, 0.717) is 0 Å². The number of fused-ring (bicyclic) bond motifs is 3. The number of furan rings is 1. The van der Waals surface area contributed by atoms with E-state index >= 15 is 0 Å². The lowest BCUT2D eigenvalue weighted by molar-refractivity contribution is 0.669. The van der Waals surface area contributed by atoms with Crippen molar-refractivity contribution in [1.82, 2.24) is 0 Å². The van der Waals surface area contributed by atoms with Crippen LogP contribution < -0.4 is 4.90 Å². The summed E-state index contributed by atoms with van der Waals surface area (Å²) in [6, 6.07) is 53.2. The van der Waals surface area contributed by atoms with Crippen LogP contribution in [0.2, 0.25) is 0 Å². The zero-order chi connectivity index (χ0) is 25.3. The first-order chi connectivity index (χ1) is 18.8. The topological polar surface area (TPSA) is 16.4 Å². The lowest BCUT2D eigenvalue weighted by Gasteiger charge is -2.26. The van der Waals surface area contributed by atoms with Crippen molar-refractivity contribution in [2.75, 3.05) is 4.90 Å². The number of rotatable bonds is 5. The molecular weight excluding hydrogens is 462 g/mol. The number of hydrogen-bond donors (Lipinski definition) is 0. The van der Waals surface area contributed by atoms with Gasteiger partial charge in [-0.25, -0.2) is 0 Å². The molecule has 0 amide bonds. The summed E-state index contributed by atoms with van der Waals surface area (Å²) in [7, 11) is 0. The molecule has 0 saturated heterocycles. The Hall–Kier alpha value is -5.08. The number of nitrogens with zero attached hydrogens (tertiary/aromatic N) is 1. The molecule has 1 heterocycles. The second kappa shape index (κ2) is 9.42. The second-order valence-electron chi connectivity index (χ2n) is 9.41. The third kappa shape index (κ3) is 3.93. The Kier molecular flexibility index (Phi) is 5.49. The first-order valence-electron chi connectivity index (χ1n) is 12.9. The molecule has 0 saturated carbocycles. The van der Waals surface area contributed by atoms with Crippen LogP contribution >= 0.6 is 0 Å². The highest BCUT2D eigenvalue weighted by Gasteiger charge is 2.15. The summed E-state index contributed by atoms with van der Waals surface area (Å²) < 4.78 is 6.13. The van der Waals surface area contributed by atoms with Gasteiger partial charge in [0.05, 0.1) is 0 Å². The Bertz CT molecular complexity index is 1830.